The molecule has 1 unspecified atom stereocenters. The highest BCUT2D eigenvalue weighted by atomic mass is 28.4. The molecule has 0 aromatic heterocycles. The molecule has 0 saturated heterocycles. The maximum Gasteiger partial charge on any atom is 0.335 e. The van der Waals surface area contributed by atoms with Crippen LogP contribution in [0.25, 0.3) is 0 Å². The third-order valence-corrected chi connectivity index (χ3v) is 5.77. The van der Waals surface area contributed by atoms with Gasteiger partial charge in [-0.3, -0.25) is 5.32 Å². The Morgan fingerprint density at radius 3 is 2.32 bits per heavy atom. The van der Waals surface area contributed by atoms with E-state index in [1.165, 1.54) is 0 Å². The summed E-state index contributed by atoms with van der Waals surface area (Å²) < 4.78 is 11.5. The van der Waals surface area contributed by atoms with Gasteiger partial charge in [0, 0.05) is 39.4 Å². The fraction of sp³-hybridized carbons (Fsp3) is 1.00. The molecule has 0 rings (SSSR count). The number of nitrogens with one attached hydrogen (secondary N) is 2. The minimum Gasteiger partial charge on any atom is -0.395 e. The summed E-state index contributed by atoms with van der Waals surface area (Å²) in [6, 6.07) is 0.791. The van der Waals surface area contributed by atoms with E-state index in [4.69, 9.17) is 14.6 Å². The number of aliphatic hydroxyl groups excluding tert-OH is 1. The lowest BCUT2D eigenvalue weighted by Gasteiger charge is -2.27. The van der Waals surface area contributed by atoms with Gasteiger partial charge in [0.25, 0.3) is 0 Å². The van der Waals surface area contributed by atoms with Gasteiger partial charge in [-0.2, -0.15) is 0 Å². The fourth-order valence-corrected chi connectivity index (χ4v) is 4.24. The molecule has 0 fully saturated rings. The highest BCUT2D eigenvalue weighted by Crippen LogP contribution is 2.16. The van der Waals surface area contributed by atoms with Gasteiger partial charge in [-0.05, 0) is 32.9 Å². The quantitative estimate of drug-likeness (QED) is 0.217. The van der Waals surface area contributed by atoms with Crippen molar-refractivity contribution in [1.82, 2.24) is 10.6 Å². The summed E-state index contributed by atoms with van der Waals surface area (Å²) in [5.74, 6) is 0. The van der Waals surface area contributed by atoms with Crippen molar-refractivity contribution in [3.8, 4) is 0 Å². The van der Waals surface area contributed by atoms with Crippen molar-refractivity contribution in [2.24, 2.45) is 5.73 Å². The van der Waals surface area contributed by atoms with Gasteiger partial charge in [-0.15, -0.1) is 0 Å². The van der Waals surface area contributed by atoms with Crippen molar-refractivity contribution < 1.29 is 14.0 Å². The van der Waals surface area contributed by atoms with Crippen LogP contribution in [0.2, 0.25) is 12.6 Å². The van der Waals surface area contributed by atoms with Gasteiger partial charge < -0.3 is 25.0 Å². The highest BCUT2D eigenvalue weighted by molar-refractivity contribution is 6.66. The lowest BCUT2D eigenvalue weighted by molar-refractivity contribution is 0.124. The van der Waals surface area contributed by atoms with E-state index in [0.29, 0.717) is 26.2 Å². The molecule has 1 atom stereocenters. The van der Waals surface area contributed by atoms with Gasteiger partial charge in [0.15, 0.2) is 0 Å². The summed E-state index contributed by atoms with van der Waals surface area (Å²) in [7, 11) is -2.10. The SMILES string of the molecule is CCO[Si](C)(CCC(O)NCCNCCN)OCC. The van der Waals surface area contributed by atoms with Gasteiger partial charge in [-0.25, -0.2) is 0 Å². The molecule has 0 bridgehead atoms. The van der Waals surface area contributed by atoms with E-state index in [2.05, 4.69) is 17.2 Å². The Bertz CT molecular complexity index is 205. The van der Waals surface area contributed by atoms with Crippen molar-refractivity contribution >= 4 is 8.56 Å². The largest absolute Gasteiger partial charge is 0.395 e. The molecule has 116 valence electrons. The molecular formula is C12H31N3O3Si. The van der Waals surface area contributed by atoms with Crippen LogP contribution in [0.4, 0.5) is 0 Å². The molecule has 7 heteroatoms. The number of nitrogens with two attached hydrogens (primary N) is 1. The zero-order valence-electron chi connectivity index (χ0n) is 12.6. The molecule has 0 aromatic rings. The Balaban J connectivity index is 3.75. The van der Waals surface area contributed by atoms with E-state index in [-0.39, 0.29) is 0 Å². The molecule has 0 aliphatic carbocycles. The average molecular weight is 293 g/mol. The van der Waals surface area contributed by atoms with Crippen LogP contribution in [0.5, 0.6) is 0 Å². The Kier molecular flexibility index (Phi) is 11.8. The normalized spacial score (nSPS) is 13.7. The topological polar surface area (TPSA) is 88.8 Å². The minimum atomic E-state index is -2.10. The Morgan fingerprint density at radius 1 is 1.16 bits per heavy atom. The van der Waals surface area contributed by atoms with Crippen molar-refractivity contribution in [3.05, 3.63) is 0 Å². The van der Waals surface area contributed by atoms with Crippen LogP contribution in [0.15, 0.2) is 0 Å². The molecule has 0 spiro atoms. The third kappa shape index (κ3) is 10.4. The van der Waals surface area contributed by atoms with Crippen molar-refractivity contribution in [2.75, 3.05) is 39.4 Å². The third-order valence-electron chi connectivity index (χ3n) is 2.77. The Morgan fingerprint density at radius 2 is 1.79 bits per heavy atom. The van der Waals surface area contributed by atoms with Crippen molar-refractivity contribution in [2.45, 2.75) is 39.1 Å². The smallest absolute Gasteiger partial charge is 0.335 e. The van der Waals surface area contributed by atoms with E-state index in [9.17, 15) is 5.11 Å². The summed E-state index contributed by atoms with van der Waals surface area (Å²) in [5.41, 5.74) is 5.37. The summed E-state index contributed by atoms with van der Waals surface area (Å²) in [5, 5.41) is 16.1. The summed E-state index contributed by atoms with van der Waals surface area (Å²) in [6.07, 6.45) is 0.145. The Hall–Kier alpha value is -0.0231. The molecule has 0 saturated carbocycles. The number of aliphatic hydroxyl groups is 1. The summed E-state index contributed by atoms with van der Waals surface area (Å²) >= 11 is 0. The van der Waals surface area contributed by atoms with Gasteiger partial charge in [0.1, 0.15) is 6.23 Å². The molecule has 0 aromatic carbocycles. The van der Waals surface area contributed by atoms with Crippen LogP contribution in [-0.2, 0) is 8.85 Å². The van der Waals surface area contributed by atoms with Crippen LogP contribution in [-0.4, -0.2) is 59.3 Å². The molecule has 0 radical (unpaired) electrons. The highest BCUT2D eigenvalue weighted by Gasteiger charge is 2.30. The van der Waals surface area contributed by atoms with E-state index >= 15 is 0 Å². The first-order valence-electron chi connectivity index (χ1n) is 7.18. The molecule has 0 amide bonds. The van der Waals surface area contributed by atoms with Crippen LogP contribution in [0.1, 0.15) is 20.3 Å². The van der Waals surface area contributed by atoms with Crippen LogP contribution in [0, 0.1) is 0 Å². The van der Waals surface area contributed by atoms with Gasteiger partial charge >= 0.3 is 8.56 Å². The van der Waals surface area contributed by atoms with E-state index in [1.807, 2.05) is 13.8 Å². The van der Waals surface area contributed by atoms with Crippen molar-refractivity contribution in [1.29, 1.82) is 0 Å². The van der Waals surface area contributed by atoms with Gasteiger partial charge in [0.2, 0.25) is 0 Å². The molecule has 5 N–H and O–H groups in total. The lowest BCUT2D eigenvalue weighted by atomic mass is 10.4. The lowest BCUT2D eigenvalue weighted by Crippen LogP contribution is -2.42. The Labute approximate surface area is 118 Å². The molecule has 0 aliphatic heterocycles. The maximum atomic E-state index is 9.85. The summed E-state index contributed by atoms with van der Waals surface area (Å²) in [4.78, 5) is 0. The maximum absolute atomic E-state index is 9.85. The molecular weight excluding hydrogens is 262 g/mol. The zero-order chi connectivity index (χ0) is 14.6. The monoisotopic (exact) mass is 293 g/mol. The summed E-state index contributed by atoms with van der Waals surface area (Å²) in [6.45, 7) is 10.3. The average Bonchev–Trinajstić information content (AvgIpc) is 2.37. The molecule has 0 heterocycles. The minimum absolute atomic E-state index is 0.507. The van der Waals surface area contributed by atoms with E-state index in [1.54, 1.807) is 0 Å². The predicted octanol–water partition coefficient (Wildman–Crippen LogP) is -0.0222. The number of rotatable bonds is 13. The van der Waals surface area contributed by atoms with E-state index < -0.39 is 14.8 Å². The van der Waals surface area contributed by atoms with Gasteiger partial charge in [0.05, 0.1) is 0 Å². The second-order valence-electron chi connectivity index (χ2n) is 4.55. The van der Waals surface area contributed by atoms with Crippen molar-refractivity contribution in [3.63, 3.8) is 0 Å². The molecule has 19 heavy (non-hydrogen) atoms. The first-order chi connectivity index (χ1) is 9.08. The van der Waals surface area contributed by atoms with Crippen LogP contribution >= 0.6 is 0 Å². The first-order valence-corrected chi connectivity index (χ1v) is 9.70. The zero-order valence-corrected chi connectivity index (χ0v) is 13.6. The standard InChI is InChI=1S/C12H31N3O3Si/c1-4-17-19(3,18-5-2)11-6-12(16)15-10-9-14-8-7-13/h12,14-16H,4-11,13H2,1-3H3. The fourth-order valence-electron chi connectivity index (χ4n) is 1.85. The van der Waals surface area contributed by atoms with Crippen LogP contribution < -0.4 is 16.4 Å². The van der Waals surface area contributed by atoms with E-state index in [0.717, 1.165) is 25.7 Å². The van der Waals surface area contributed by atoms with Crippen LogP contribution in [0.3, 0.4) is 0 Å². The molecule has 0 aliphatic rings. The predicted molar refractivity (Wildman–Crippen MR) is 80.2 cm³/mol. The number of hydrogen-bond acceptors (Lipinski definition) is 6. The second-order valence-corrected chi connectivity index (χ2v) is 7.89. The van der Waals surface area contributed by atoms with Gasteiger partial charge in [-0.1, -0.05) is 0 Å². The first kappa shape index (κ1) is 19.0. The second kappa shape index (κ2) is 11.8. The number of hydrogen-bond donors (Lipinski definition) is 4. The molecule has 6 nitrogen and oxygen atoms in total.